The number of amides is 1. The molecule has 0 N–H and O–H groups in total. The van der Waals surface area contributed by atoms with Crippen LogP contribution in [-0.4, -0.2) is 36.9 Å². The summed E-state index contributed by atoms with van der Waals surface area (Å²) in [6.45, 7) is 2.98. The van der Waals surface area contributed by atoms with Crippen LogP contribution in [0.1, 0.15) is 44.1 Å². The van der Waals surface area contributed by atoms with Gasteiger partial charge in [0, 0.05) is 33.0 Å². The quantitative estimate of drug-likeness (QED) is 0.839. The number of ether oxygens (including phenoxy) is 2. The van der Waals surface area contributed by atoms with Gasteiger partial charge in [0.15, 0.2) is 5.79 Å². The largest absolute Gasteiger partial charge is 0.348 e. The zero-order chi connectivity index (χ0) is 14.9. The van der Waals surface area contributed by atoms with Gasteiger partial charge in [0.1, 0.15) is 5.82 Å². The molecule has 3 rings (SSSR count). The van der Waals surface area contributed by atoms with Gasteiger partial charge in [0.25, 0.3) is 0 Å². The Kier molecular flexibility index (Phi) is 3.95. The van der Waals surface area contributed by atoms with Crippen LogP contribution >= 0.6 is 0 Å². The summed E-state index contributed by atoms with van der Waals surface area (Å²) in [6, 6.07) is 4.00. The Morgan fingerprint density at radius 2 is 1.95 bits per heavy atom. The van der Waals surface area contributed by atoms with E-state index in [9.17, 15) is 4.79 Å². The molecule has 0 unspecified atom stereocenters. The zero-order valence-corrected chi connectivity index (χ0v) is 12.7. The van der Waals surface area contributed by atoms with Crippen LogP contribution in [0.2, 0.25) is 0 Å². The highest BCUT2D eigenvalue weighted by Gasteiger charge is 2.40. The maximum Gasteiger partial charge on any atom is 0.224 e. The van der Waals surface area contributed by atoms with E-state index in [-0.39, 0.29) is 11.7 Å². The molecule has 5 heteroatoms. The van der Waals surface area contributed by atoms with Gasteiger partial charge in [-0.15, -0.1) is 0 Å². The summed E-state index contributed by atoms with van der Waals surface area (Å²) in [6.07, 6.45) is 5.92. The maximum atomic E-state index is 11.3. The molecule has 1 spiro atoms. The fraction of sp³-hybridized carbons (Fsp3) is 0.625. The van der Waals surface area contributed by atoms with Gasteiger partial charge in [-0.25, -0.2) is 4.98 Å². The summed E-state index contributed by atoms with van der Waals surface area (Å²) in [7, 11) is 1.74. The molecule has 1 aliphatic heterocycles. The normalized spacial score (nSPS) is 21.6. The molecule has 21 heavy (non-hydrogen) atoms. The molecule has 0 atom stereocenters. The number of anilines is 1. The first-order chi connectivity index (χ1) is 10.1. The predicted molar refractivity (Wildman–Crippen MR) is 79.2 cm³/mol. The minimum atomic E-state index is -0.307. The minimum absolute atomic E-state index is 0.00890. The lowest BCUT2D eigenvalue weighted by Gasteiger charge is -2.35. The van der Waals surface area contributed by atoms with Gasteiger partial charge in [-0.05, 0) is 30.4 Å². The minimum Gasteiger partial charge on any atom is -0.348 e. The summed E-state index contributed by atoms with van der Waals surface area (Å²) < 4.78 is 11.5. The summed E-state index contributed by atoms with van der Waals surface area (Å²) in [4.78, 5) is 17.3. The van der Waals surface area contributed by atoms with Gasteiger partial charge < -0.3 is 14.4 Å². The molecule has 2 heterocycles. The predicted octanol–water partition coefficient (Wildman–Crippen LogP) is 2.47. The van der Waals surface area contributed by atoms with E-state index in [1.54, 1.807) is 11.9 Å². The Bertz CT molecular complexity index is 499. The number of carbonyl (C=O) groups excluding carboxylic acids is 1. The van der Waals surface area contributed by atoms with E-state index in [0.717, 1.165) is 38.9 Å². The molecule has 2 aliphatic rings. The Balaban J connectivity index is 1.64. The van der Waals surface area contributed by atoms with Crippen molar-refractivity contribution in [2.45, 2.75) is 44.3 Å². The second-order valence-corrected chi connectivity index (χ2v) is 5.91. The van der Waals surface area contributed by atoms with Crippen LogP contribution in [0.4, 0.5) is 5.82 Å². The molecule has 1 aromatic rings. The lowest BCUT2D eigenvalue weighted by Crippen LogP contribution is -2.34. The van der Waals surface area contributed by atoms with Crippen LogP contribution in [0.5, 0.6) is 0 Å². The van der Waals surface area contributed by atoms with Crippen molar-refractivity contribution in [1.29, 1.82) is 0 Å². The van der Waals surface area contributed by atoms with Crippen molar-refractivity contribution in [1.82, 2.24) is 4.98 Å². The smallest absolute Gasteiger partial charge is 0.224 e. The van der Waals surface area contributed by atoms with Crippen LogP contribution in [0, 0.1) is 0 Å². The van der Waals surface area contributed by atoms with Crippen LogP contribution in [0.25, 0.3) is 0 Å². The highest BCUT2D eigenvalue weighted by Crippen LogP contribution is 2.42. The van der Waals surface area contributed by atoms with E-state index in [2.05, 4.69) is 11.1 Å². The summed E-state index contributed by atoms with van der Waals surface area (Å²) in [5.74, 6) is 0.887. The standard InChI is InChI=1S/C16H22N2O3/c1-12(19)18(2)15-4-3-14(11-17-15)13-5-7-16(8-6-13)20-9-10-21-16/h3-4,11,13H,5-10H2,1-2H3. The highest BCUT2D eigenvalue weighted by molar-refractivity contribution is 5.89. The number of aromatic nitrogens is 1. The van der Waals surface area contributed by atoms with E-state index in [0.29, 0.717) is 11.7 Å². The number of rotatable bonds is 2. The Morgan fingerprint density at radius 3 is 2.48 bits per heavy atom. The third-order valence-electron chi connectivity index (χ3n) is 4.62. The maximum absolute atomic E-state index is 11.3. The Hall–Kier alpha value is -1.46. The van der Waals surface area contributed by atoms with Gasteiger partial charge in [0.05, 0.1) is 13.2 Å². The van der Waals surface area contributed by atoms with Crippen molar-refractivity contribution >= 4 is 11.7 Å². The number of hydrogen-bond donors (Lipinski definition) is 0. The molecule has 1 saturated heterocycles. The van der Waals surface area contributed by atoms with E-state index >= 15 is 0 Å². The molecule has 1 aromatic heterocycles. The van der Waals surface area contributed by atoms with Crippen molar-refractivity contribution in [2.24, 2.45) is 0 Å². The van der Waals surface area contributed by atoms with Crippen LogP contribution < -0.4 is 4.90 Å². The highest BCUT2D eigenvalue weighted by atomic mass is 16.7. The first-order valence-electron chi connectivity index (χ1n) is 7.58. The van der Waals surface area contributed by atoms with Crippen molar-refractivity contribution in [3.63, 3.8) is 0 Å². The number of pyridine rings is 1. The fourth-order valence-corrected chi connectivity index (χ4v) is 3.18. The van der Waals surface area contributed by atoms with E-state index in [4.69, 9.17) is 9.47 Å². The first-order valence-corrected chi connectivity index (χ1v) is 7.58. The van der Waals surface area contributed by atoms with Crippen molar-refractivity contribution in [2.75, 3.05) is 25.2 Å². The Labute approximate surface area is 125 Å². The van der Waals surface area contributed by atoms with Gasteiger partial charge in [-0.3, -0.25) is 4.79 Å². The van der Waals surface area contributed by atoms with Gasteiger partial charge in [0.2, 0.25) is 5.91 Å². The molecule has 2 fully saturated rings. The molecular formula is C16H22N2O3. The van der Waals surface area contributed by atoms with Gasteiger partial charge in [-0.2, -0.15) is 0 Å². The second kappa shape index (κ2) is 5.73. The fourth-order valence-electron chi connectivity index (χ4n) is 3.18. The summed E-state index contributed by atoms with van der Waals surface area (Å²) >= 11 is 0. The molecule has 1 saturated carbocycles. The van der Waals surface area contributed by atoms with E-state index < -0.39 is 0 Å². The number of nitrogens with zero attached hydrogens (tertiary/aromatic N) is 2. The summed E-state index contributed by atoms with van der Waals surface area (Å²) in [5.41, 5.74) is 1.24. The topological polar surface area (TPSA) is 51.7 Å². The monoisotopic (exact) mass is 290 g/mol. The number of hydrogen-bond acceptors (Lipinski definition) is 4. The van der Waals surface area contributed by atoms with Crippen LogP contribution in [0.15, 0.2) is 18.3 Å². The molecule has 1 amide bonds. The third kappa shape index (κ3) is 2.94. The van der Waals surface area contributed by atoms with Crippen molar-refractivity contribution in [3.8, 4) is 0 Å². The molecule has 0 radical (unpaired) electrons. The molecule has 5 nitrogen and oxygen atoms in total. The number of carbonyl (C=O) groups is 1. The van der Waals surface area contributed by atoms with E-state index in [1.165, 1.54) is 12.5 Å². The summed E-state index contributed by atoms with van der Waals surface area (Å²) in [5, 5.41) is 0. The third-order valence-corrected chi connectivity index (χ3v) is 4.62. The zero-order valence-electron chi connectivity index (χ0n) is 12.7. The molecule has 0 aromatic carbocycles. The molecule has 0 bridgehead atoms. The van der Waals surface area contributed by atoms with Crippen LogP contribution in [0.3, 0.4) is 0 Å². The Morgan fingerprint density at radius 1 is 1.29 bits per heavy atom. The van der Waals surface area contributed by atoms with Gasteiger partial charge in [-0.1, -0.05) is 6.07 Å². The van der Waals surface area contributed by atoms with Gasteiger partial charge >= 0.3 is 0 Å². The average molecular weight is 290 g/mol. The SMILES string of the molecule is CC(=O)N(C)c1ccc(C2CCC3(CC2)OCCO3)cn1. The lowest BCUT2D eigenvalue weighted by atomic mass is 9.81. The van der Waals surface area contributed by atoms with Crippen LogP contribution in [-0.2, 0) is 14.3 Å². The van der Waals surface area contributed by atoms with Crippen molar-refractivity contribution in [3.05, 3.63) is 23.9 Å². The second-order valence-electron chi connectivity index (χ2n) is 5.91. The lowest BCUT2D eigenvalue weighted by molar-refractivity contribution is -0.178. The average Bonchev–Trinajstić information content (AvgIpc) is 2.96. The van der Waals surface area contributed by atoms with E-state index in [1.807, 2.05) is 12.3 Å². The molecular weight excluding hydrogens is 268 g/mol. The first kappa shape index (κ1) is 14.5. The van der Waals surface area contributed by atoms with Crippen molar-refractivity contribution < 1.29 is 14.3 Å². The molecule has 1 aliphatic carbocycles. The molecule has 114 valence electrons.